The van der Waals surface area contributed by atoms with Crippen molar-refractivity contribution in [3.8, 4) is 0 Å². The Hall–Kier alpha value is -5.96. The lowest BCUT2D eigenvalue weighted by Crippen LogP contribution is -2.60. The number of unbranched alkanes of at least 4 members (excludes halogenated alkanes) is 3. The van der Waals surface area contributed by atoms with E-state index in [2.05, 4.69) is 44.1 Å². The van der Waals surface area contributed by atoms with Crippen LogP contribution in [-0.4, -0.2) is 144 Å². The number of nitrogens with zero attached hydrogens (tertiary/aromatic N) is 1. The van der Waals surface area contributed by atoms with E-state index in [1.165, 1.54) is 34.7 Å². The maximum Gasteiger partial charge on any atom is 0.289 e. The van der Waals surface area contributed by atoms with E-state index < -0.39 is 121 Å². The first-order chi connectivity index (χ1) is 27.7. The van der Waals surface area contributed by atoms with Crippen LogP contribution in [0.3, 0.4) is 0 Å². The first-order valence-corrected chi connectivity index (χ1v) is 19.2. The minimum atomic E-state index is -1.62. The number of carbonyl (C=O) groups is 10. The van der Waals surface area contributed by atoms with E-state index in [4.69, 9.17) is 5.73 Å². The van der Waals surface area contributed by atoms with E-state index in [9.17, 15) is 58.2 Å². The number of likely N-dealkylation sites (N-methyl/N-ethyl adjacent to an activating group) is 2. The number of rotatable bonds is 25. The maximum absolute atomic E-state index is 13.2. The molecule has 0 heterocycles. The highest BCUT2D eigenvalue weighted by atomic mass is 16.3. The first-order valence-electron chi connectivity index (χ1n) is 19.2. The van der Waals surface area contributed by atoms with Crippen molar-refractivity contribution >= 4 is 58.9 Å². The monoisotopic (exact) mass is 833 g/mol. The zero-order valence-electron chi connectivity index (χ0n) is 34.5. The van der Waals surface area contributed by atoms with E-state index in [1.54, 1.807) is 12.1 Å². The Bertz CT molecular complexity index is 1670. The van der Waals surface area contributed by atoms with Crippen LogP contribution in [0.5, 0.6) is 0 Å². The number of aliphatic hydroxyl groups excluding tert-OH is 2. The lowest BCUT2D eigenvalue weighted by atomic mass is 10.0. The van der Waals surface area contributed by atoms with Crippen molar-refractivity contribution in [2.45, 2.75) is 115 Å². The smallest absolute Gasteiger partial charge is 0.289 e. The molecule has 0 aliphatic rings. The average Bonchev–Trinajstić information content (AvgIpc) is 3.18. The molecule has 0 saturated carbocycles. The van der Waals surface area contributed by atoms with Crippen LogP contribution < -0.4 is 43.0 Å². The van der Waals surface area contributed by atoms with Gasteiger partial charge < -0.3 is 58.1 Å². The maximum atomic E-state index is 13.2. The van der Waals surface area contributed by atoms with Gasteiger partial charge in [0.2, 0.25) is 47.1 Å². The predicted octanol–water partition coefficient (Wildman–Crippen LogP) is -3.59. The zero-order valence-corrected chi connectivity index (χ0v) is 34.5. The number of benzene rings is 1. The number of primary amides is 1. The fraction of sp³-hybridized carbons (Fsp3) is 0.579. The fourth-order valence-corrected chi connectivity index (χ4v) is 5.48. The molecule has 0 aromatic heterocycles. The number of aryl methyl sites for hydroxylation is 1. The molecule has 0 spiro atoms. The van der Waals surface area contributed by atoms with Gasteiger partial charge in [0.15, 0.2) is 0 Å². The van der Waals surface area contributed by atoms with Crippen LogP contribution in [0.2, 0.25) is 0 Å². The van der Waals surface area contributed by atoms with Crippen molar-refractivity contribution in [1.29, 1.82) is 0 Å². The van der Waals surface area contributed by atoms with Gasteiger partial charge in [-0.2, -0.15) is 0 Å². The van der Waals surface area contributed by atoms with Gasteiger partial charge in [-0.05, 0) is 58.2 Å². The molecule has 1 aromatic carbocycles. The number of amides is 9. The second-order valence-electron chi connectivity index (χ2n) is 14.0. The van der Waals surface area contributed by atoms with Crippen LogP contribution in [0.25, 0.3) is 0 Å². The highest BCUT2D eigenvalue weighted by Crippen LogP contribution is 2.11. The van der Waals surface area contributed by atoms with Crippen molar-refractivity contribution in [3.63, 3.8) is 0 Å². The fourth-order valence-electron chi connectivity index (χ4n) is 5.48. The molecule has 0 radical (unpaired) electrons. The minimum absolute atomic E-state index is 0.267. The molecule has 328 valence electrons. The lowest BCUT2D eigenvalue weighted by Gasteiger charge is -2.30. The van der Waals surface area contributed by atoms with Crippen molar-refractivity contribution in [1.82, 2.24) is 42.1 Å². The number of nitrogens with two attached hydrogens (primary N) is 1. The summed E-state index contributed by atoms with van der Waals surface area (Å²) in [6.45, 7) is 5.51. The first kappa shape index (κ1) is 51.1. The van der Waals surface area contributed by atoms with Crippen LogP contribution in [0.4, 0.5) is 0 Å². The van der Waals surface area contributed by atoms with Gasteiger partial charge in [-0.1, -0.05) is 38.3 Å². The molecule has 9 amide bonds. The summed E-state index contributed by atoms with van der Waals surface area (Å²) in [6.07, 6.45) is 3.03. The number of nitrogens with one attached hydrogen (secondary N) is 7. The molecule has 0 saturated heterocycles. The Kier molecular flexibility index (Phi) is 22.0. The summed E-state index contributed by atoms with van der Waals surface area (Å²) in [7, 11) is 2.35. The van der Waals surface area contributed by atoms with Gasteiger partial charge >= 0.3 is 0 Å². The second kappa shape index (κ2) is 25.4. The van der Waals surface area contributed by atoms with Crippen LogP contribution in [0.1, 0.15) is 82.6 Å². The Morgan fingerprint density at radius 2 is 1.27 bits per heavy atom. The van der Waals surface area contributed by atoms with Crippen molar-refractivity contribution < 1.29 is 58.2 Å². The Morgan fingerprint density at radius 3 is 1.81 bits per heavy atom. The van der Waals surface area contributed by atoms with Crippen LogP contribution in [0.15, 0.2) is 24.3 Å². The summed E-state index contributed by atoms with van der Waals surface area (Å²) in [6, 6.07) is -1.79. The highest BCUT2D eigenvalue weighted by Gasteiger charge is 2.35. The van der Waals surface area contributed by atoms with E-state index in [-0.39, 0.29) is 5.56 Å². The van der Waals surface area contributed by atoms with Gasteiger partial charge in [0.05, 0.1) is 31.7 Å². The van der Waals surface area contributed by atoms with Crippen molar-refractivity contribution in [2.24, 2.45) is 5.73 Å². The van der Waals surface area contributed by atoms with Crippen LogP contribution >= 0.6 is 0 Å². The quantitative estimate of drug-likeness (QED) is 0.0338. The average molecular weight is 834 g/mol. The van der Waals surface area contributed by atoms with Gasteiger partial charge in [-0.25, -0.2) is 0 Å². The van der Waals surface area contributed by atoms with E-state index in [0.717, 1.165) is 49.6 Å². The molecule has 21 heteroatoms. The number of hydrogen-bond acceptors (Lipinski definition) is 12. The molecule has 11 N–H and O–H groups in total. The summed E-state index contributed by atoms with van der Waals surface area (Å²) >= 11 is 0. The molecular formula is C38H59N9O12. The molecule has 0 aliphatic heterocycles. The number of carbonyl (C=O) groups excluding carboxylic acids is 10. The molecule has 21 nitrogen and oxygen atoms in total. The van der Waals surface area contributed by atoms with Crippen molar-refractivity contribution in [2.75, 3.05) is 27.2 Å². The van der Waals surface area contributed by atoms with E-state index in [0.29, 0.717) is 0 Å². The molecule has 1 aromatic rings. The molecule has 7 atom stereocenters. The molecule has 59 heavy (non-hydrogen) atoms. The summed E-state index contributed by atoms with van der Waals surface area (Å²) in [5.74, 6) is -9.29. The minimum Gasteiger partial charge on any atom is -0.394 e. The Morgan fingerprint density at radius 1 is 0.712 bits per heavy atom. The number of hydrogen-bond donors (Lipinski definition) is 10. The zero-order chi connectivity index (χ0) is 45.0. The SMILES string of the molecule is CCCCCCc1ccc(C(=O)N[C@H](CO)C(=O)N[C@H](C)C(=O)NCC(=O)N(C)[C@H](C(=O)N[C@@H](C)C(=O)N[C@@H](CC(N)=O)C(=O)NC(C)C(=O)C(=O)NC)C(C)O)cc1. The highest BCUT2D eigenvalue weighted by molar-refractivity contribution is 6.38. The third kappa shape index (κ3) is 17.2. The summed E-state index contributed by atoms with van der Waals surface area (Å²) in [5, 5.41) is 36.1. The Balaban J connectivity index is 2.80. The van der Waals surface area contributed by atoms with E-state index >= 15 is 0 Å². The van der Waals surface area contributed by atoms with Gasteiger partial charge in [0.1, 0.15) is 30.2 Å². The molecule has 0 aliphatic carbocycles. The standard InChI is InChI=1S/C38H59N9O12/c1-8-9-10-11-12-24-13-15-25(16-14-24)34(55)46-27(19-48)36(57)43-21(3)32(53)41-18-29(51)47(7)30(23(5)49)37(58)44-22(4)33(54)45-26(17-28(39)50)35(56)42-20(2)31(52)38(59)40-6/h13-16,20-23,26-27,30,48-49H,8-12,17-19H2,1-7H3,(H2,39,50)(H,40,59)(H,41,53)(H,42,56)(H,43,57)(H,44,58)(H,45,54)(H,46,55)/t20?,21-,22+,23?,26+,27-,30+/m1/s1. The largest absolute Gasteiger partial charge is 0.394 e. The summed E-state index contributed by atoms with van der Waals surface area (Å²) in [4.78, 5) is 126. The van der Waals surface area contributed by atoms with E-state index in [1.807, 2.05) is 12.1 Å². The molecule has 2 unspecified atom stereocenters. The molecular weight excluding hydrogens is 774 g/mol. The number of aliphatic hydroxyl groups is 2. The molecule has 1 rings (SSSR count). The second-order valence-corrected chi connectivity index (χ2v) is 14.0. The summed E-state index contributed by atoms with van der Waals surface area (Å²) < 4.78 is 0. The van der Waals surface area contributed by atoms with Crippen LogP contribution in [0, 0.1) is 0 Å². The van der Waals surface area contributed by atoms with Crippen LogP contribution in [-0.2, 0) is 49.6 Å². The third-order valence-electron chi connectivity index (χ3n) is 9.03. The summed E-state index contributed by atoms with van der Waals surface area (Å²) in [5.41, 5.74) is 6.53. The number of Topliss-reactive ketones (excluding diaryl/α,β-unsaturated/α-hetero) is 1. The van der Waals surface area contributed by atoms with Gasteiger partial charge in [0.25, 0.3) is 11.8 Å². The Labute approximate surface area is 342 Å². The molecule has 0 bridgehead atoms. The predicted molar refractivity (Wildman–Crippen MR) is 212 cm³/mol. The number of ketones is 1. The molecule has 0 fully saturated rings. The topological polar surface area (TPSA) is 325 Å². The lowest BCUT2D eigenvalue weighted by molar-refractivity contribution is -0.144. The van der Waals surface area contributed by atoms with Gasteiger partial charge in [-0.15, -0.1) is 0 Å². The normalized spacial score (nSPS) is 14.3. The van der Waals surface area contributed by atoms with Gasteiger partial charge in [0, 0.05) is 19.7 Å². The third-order valence-corrected chi connectivity index (χ3v) is 9.03. The van der Waals surface area contributed by atoms with Gasteiger partial charge in [-0.3, -0.25) is 47.9 Å². The van der Waals surface area contributed by atoms with Crippen molar-refractivity contribution in [3.05, 3.63) is 35.4 Å².